The van der Waals surface area contributed by atoms with Crippen LogP contribution < -0.4 is 0 Å². The van der Waals surface area contributed by atoms with Crippen LogP contribution in [-0.2, 0) is 9.78 Å². The third-order valence-corrected chi connectivity index (χ3v) is 12.1. The van der Waals surface area contributed by atoms with Gasteiger partial charge in [0, 0.05) is 22.7 Å². The minimum Gasteiger partial charge on any atom is -0.392 e. The lowest BCUT2D eigenvalue weighted by Crippen LogP contribution is -2.77. The molecule has 4 fully saturated rings. The van der Waals surface area contributed by atoms with Crippen LogP contribution in [0.3, 0.4) is 0 Å². The predicted octanol–water partition coefficient (Wildman–Crippen LogP) is 7.11. The van der Waals surface area contributed by atoms with Gasteiger partial charge in [-0.2, -0.15) is 0 Å². The topological polar surface area (TPSA) is 38.7 Å². The van der Waals surface area contributed by atoms with E-state index in [4.69, 9.17) is 9.78 Å². The van der Waals surface area contributed by atoms with Gasteiger partial charge in [0.05, 0.1) is 6.10 Å². The van der Waals surface area contributed by atoms with Gasteiger partial charge in [-0.1, -0.05) is 73.6 Å². The largest absolute Gasteiger partial charge is 0.392 e. The highest BCUT2D eigenvalue weighted by atomic mass is 17.2. The maximum atomic E-state index is 10.9. The van der Waals surface area contributed by atoms with Gasteiger partial charge >= 0.3 is 0 Å². The van der Waals surface area contributed by atoms with Gasteiger partial charge in [0.1, 0.15) is 11.2 Å². The highest BCUT2D eigenvalue weighted by Crippen LogP contribution is 2.75. The quantitative estimate of drug-likeness (QED) is 0.362. The summed E-state index contributed by atoms with van der Waals surface area (Å²) in [5, 5.41) is 10.9. The lowest BCUT2D eigenvalue weighted by atomic mass is 9.39. The van der Waals surface area contributed by atoms with Gasteiger partial charge in [0.15, 0.2) is 0 Å². The molecule has 0 aromatic rings. The molecule has 6 aliphatic rings. The minimum absolute atomic E-state index is 0.000359. The summed E-state index contributed by atoms with van der Waals surface area (Å²) in [5.41, 5.74) is -0.953. The summed E-state index contributed by atoms with van der Waals surface area (Å²) in [6, 6.07) is 0. The molecule has 1 saturated heterocycles. The van der Waals surface area contributed by atoms with E-state index in [1.165, 1.54) is 25.7 Å². The lowest BCUT2D eigenvalue weighted by molar-refractivity contribution is -0.515. The molecule has 2 bridgehead atoms. The van der Waals surface area contributed by atoms with E-state index < -0.39 is 5.60 Å². The summed E-state index contributed by atoms with van der Waals surface area (Å²) in [4.78, 5) is 13.1. The van der Waals surface area contributed by atoms with E-state index in [0.717, 1.165) is 12.8 Å². The molecule has 3 heteroatoms. The van der Waals surface area contributed by atoms with E-state index in [1.807, 2.05) is 0 Å². The molecule has 33 heavy (non-hydrogen) atoms. The van der Waals surface area contributed by atoms with Gasteiger partial charge in [0.25, 0.3) is 0 Å². The molecule has 10 unspecified atom stereocenters. The smallest absolute Gasteiger partial charge is 0.135 e. The van der Waals surface area contributed by atoms with E-state index >= 15 is 0 Å². The van der Waals surface area contributed by atoms with Crippen molar-refractivity contribution in [3.8, 4) is 0 Å². The SMILES string of the molecule is CC(C)C(C)C=CC(C)C1CCC2C1(C)CCC1C23C=CC2(OO3)C(C)(C)C(O)CCC12C. The fourth-order valence-corrected chi connectivity index (χ4v) is 9.47. The number of hydrogen-bond acceptors (Lipinski definition) is 3. The number of fused-ring (bicyclic) bond motifs is 2. The van der Waals surface area contributed by atoms with Crippen LogP contribution in [0.5, 0.6) is 0 Å². The normalized spacial score (nSPS) is 51.9. The first-order valence-corrected chi connectivity index (χ1v) is 13.8. The summed E-state index contributed by atoms with van der Waals surface area (Å²) in [6.07, 6.45) is 16.2. The van der Waals surface area contributed by atoms with Gasteiger partial charge in [-0.3, -0.25) is 0 Å². The molecule has 4 aliphatic carbocycles. The van der Waals surface area contributed by atoms with E-state index in [-0.39, 0.29) is 27.9 Å². The van der Waals surface area contributed by atoms with Crippen LogP contribution in [0, 0.1) is 51.8 Å². The van der Waals surface area contributed by atoms with Gasteiger partial charge in [0.2, 0.25) is 0 Å². The first kappa shape index (κ1) is 24.1. The fourth-order valence-electron chi connectivity index (χ4n) is 9.47. The highest BCUT2D eigenvalue weighted by Gasteiger charge is 2.77. The third-order valence-electron chi connectivity index (χ3n) is 12.1. The lowest BCUT2D eigenvalue weighted by Gasteiger charge is -2.72. The van der Waals surface area contributed by atoms with Gasteiger partial charge < -0.3 is 5.11 Å². The summed E-state index contributed by atoms with van der Waals surface area (Å²) >= 11 is 0. The molecule has 0 amide bonds. The summed E-state index contributed by atoms with van der Waals surface area (Å²) in [6.45, 7) is 18.8. The maximum absolute atomic E-state index is 10.9. The Hall–Kier alpha value is -0.640. The van der Waals surface area contributed by atoms with Crippen molar-refractivity contribution >= 4 is 0 Å². The number of aliphatic hydroxyl groups is 1. The molecule has 186 valence electrons. The molecule has 3 saturated carbocycles. The molecule has 0 radical (unpaired) electrons. The van der Waals surface area contributed by atoms with Crippen LogP contribution in [0.2, 0.25) is 0 Å². The zero-order valence-electron chi connectivity index (χ0n) is 22.4. The van der Waals surface area contributed by atoms with Crippen molar-refractivity contribution < 1.29 is 14.9 Å². The van der Waals surface area contributed by atoms with Crippen molar-refractivity contribution in [3.63, 3.8) is 0 Å². The molecule has 0 aromatic heterocycles. The fraction of sp³-hybridized carbons (Fsp3) is 0.867. The van der Waals surface area contributed by atoms with Crippen molar-refractivity contribution in [2.75, 3.05) is 0 Å². The van der Waals surface area contributed by atoms with Gasteiger partial charge in [-0.15, -0.1) is 0 Å². The first-order chi connectivity index (χ1) is 15.4. The molecule has 2 heterocycles. The Morgan fingerprint density at radius 1 is 0.848 bits per heavy atom. The second kappa shape index (κ2) is 7.43. The van der Waals surface area contributed by atoms with Crippen LogP contribution in [0.25, 0.3) is 0 Å². The molecule has 2 aliphatic heterocycles. The van der Waals surface area contributed by atoms with E-state index in [1.54, 1.807) is 0 Å². The second-order valence-electron chi connectivity index (χ2n) is 14.0. The zero-order chi connectivity index (χ0) is 24.0. The van der Waals surface area contributed by atoms with Crippen LogP contribution in [0.1, 0.15) is 93.9 Å². The van der Waals surface area contributed by atoms with Gasteiger partial charge in [-0.05, 0) is 73.7 Å². The number of hydrogen-bond donors (Lipinski definition) is 1. The minimum atomic E-state index is -0.543. The predicted molar refractivity (Wildman–Crippen MR) is 133 cm³/mol. The summed E-state index contributed by atoms with van der Waals surface area (Å²) in [5.74, 6) is 3.55. The first-order valence-electron chi connectivity index (χ1n) is 13.8. The summed E-state index contributed by atoms with van der Waals surface area (Å²) in [7, 11) is 0. The molecular formula is C30H48O3. The average molecular weight is 457 g/mol. The van der Waals surface area contributed by atoms with Crippen LogP contribution in [0.15, 0.2) is 24.3 Å². The Labute approximate surface area is 202 Å². The average Bonchev–Trinajstić information content (AvgIpc) is 3.13. The van der Waals surface area contributed by atoms with Gasteiger partial charge in [-0.25, -0.2) is 9.78 Å². The van der Waals surface area contributed by atoms with Crippen molar-refractivity contribution in [2.45, 2.75) is 111 Å². The Morgan fingerprint density at radius 2 is 1.58 bits per heavy atom. The molecule has 6 rings (SSSR count). The number of rotatable bonds is 4. The standard InChI is InChI=1S/C30H48O3/c1-19(2)20(3)9-10-21(4)22-11-12-23-27(22,7)15-13-24-28(8)16-14-25(31)26(5,6)30(28)18-17-29(23,24)32-33-30/h9-10,17-25,31H,11-16H2,1-8H3. The zero-order valence-corrected chi connectivity index (χ0v) is 22.4. The Morgan fingerprint density at radius 3 is 2.21 bits per heavy atom. The molecular weight excluding hydrogens is 408 g/mol. The van der Waals surface area contributed by atoms with E-state index in [9.17, 15) is 5.11 Å². The van der Waals surface area contributed by atoms with Crippen molar-refractivity contribution in [1.82, 2.24) is 0 Å². The molecule has 1 N–H and O–H groups in total. The monoisotopic (exact) mass is 456 g/mol. The van der Waals surface area contributed by atoms with E-state index in [2.05, 4.69) is 79.7 Å². The summed E-state index contributed by atoms with van der Waals surface area (Å²) < 4.78 is 0. The Balaban J connectivity index is 1.49. The maximum Gasteiger partial charge on any atom is 0.135 e. The van der Waals surface area contributed by atoms with Crippen LogP contribution >= 0.6 is 0 Å². The number of aliphatic hydroxyl groups excluding tert-OH is 1. The van der Waals surface area contributed by atoms with Crippen LogP contribution in [0.4, 0.5) is 0 Å². The molecule has 3 nitrogen and oxygen atoms in total. The molecule has 0 aromatic carbocycles. The van der Waals surface area contributed by atoms with E-state index in [0.29, 0.717) is 35.5 Å². The van der Waals surface area contributed by atoms with Crippen molar-refractivity contribution in [2.24, 2.45) is 51.8 Å². The van der Waals surface area contributed by atoms with Crippen molar-refractivity contribution in [1.29, 1.82) is 0 Å². The molecule has 2 spiro atoms. The van der Waals surface area contributed by atoms with Crippen LogP contribution in [-0.4, -0.2) is 22.4 Å². The highest BCUT2D eigenvalue weighted by molar-refractivity contribution is 5.36. The Bertz CT molecular complexity index is 843. The number of allylic oxidation sites excluding steroid dienone is 2. The second-order valence-corrected chi connectivity index (χ2v) is 14.0. The molecule has 10 atom stereocenters. The Kier molecular flexibility index (Phi) is 5.42. The van der Waals surface area contributed by atoms with Crippen molar-refractivity contribution in [3.05, 3.63) is 24.3 Å². The third kappa shape index (κ3) is 2.85.